The lowest BCUT2D eigenvalue weighted by Gasteiger charge is -2.32. The molecule has 1 N–H and O–H groups in total. The number of benzene rings is 1. The van der Waals surface area contributed by atoms with Crippen LogP contribution in [0.1, 0.15) is 6.92 Å². The Bertz CT molecular complexity index is 1050. The number of hydrogen-bond acceptors (Lipinski definition) is 4. The lowest BCUT2D eigenvalue weighted by molar-refractivity contribution is 0.458. The molecule has 0 saturated carbocycles. The zero-order valence-corrected chi connectivity index (χ0v) is 14.0. The number of fused-ring (bicyclic) bond motifs is 3. The normalized spacial score (nSPS) is 17.3. The van der Waals surface area contributed by atoms with Crippen molar-refractivity contribution in [3.63, 3.8) is 0 Å². The molecular weight excluding hydrogens is 330 g/mol. The summed E-state index contributed by atoms with van der Waals surface area (Å²) in [6.07, 6.45) is 0. The van der Waals surface area contributed by atoms with Crippen molar-refractivity contribution in [1.82, 2.24) is 19.1 Å². The first kappa shape index (κ1) is 15.0. The van der Waals surface area contributed by atoms with E-state index in [1.54, 1.807) is 7.05 Å². The molecule has 2 aromatic heterocycles. The monoisotopic (exact) mass is 345 g/mol. The Balaban J connectivity index is 2.00. The highest BCUT2D eigenvalue weighted by Crippen LogP contribution is 2.33. The van der Waals surface area contributed by atoms with Crippen LogP contribution in [0.3, 0.4) is 0 Å². The largest absolute Gasteiger partial charge is 0.329 e. The number of hydrogen-bond donors (Lipinski definition) is 1. The maximum absolute atomic E-state index is 12.3. The molecule has 0 amide bonds. The van der Waals surface area contributed by atoms with Crippen LogP contribution in [0.2, 0.25) is 5.02 Å². The summed E-state index contributed by atoms with van der Waals surface area (Å²) in [5.41, 5.74) is 0.902. The molecule has 3 aromatic rings. The maximum atomic E-state index is 12.3. The van der Waals surface area contributed by atoms with Crippen molar-refractivity contribution in [1.29, 1.82) is 0 Å². The molecule has 124 valence electrons. The third-order valence-corrected chi connectivity index (χ3v) is 4.61. The quantitative estimate of drug-likeness (QED) is 0.730. The summed E-state index contributed by atoms with van der Waals surface area (Å²) in [7, 11) is 1.61. The minimum Gasteiger partial charge on any atom is -0.312 e. The van der Waals surface area contributed by atoms with E-state index in [0.29, 0.717) is 34.6 Å². The Morgan fingerprint density at radius 2 is 1.92 bits per heavy atom. The van der Waals surface area contributed by atoms with Crippen LogP contribution in [-0.2, 0) is 13.6 Å². The number of anilines is 2. The molecule has 3 heterocycles. The molecule has 1 aromatic carbocycles. The second-order valence-electron chi connectivity index (χ2n) is 6.21. The summed E-state index contributed by atoms with van der Waals surface area (Å²) in [5, 5.41) is 0.663. The Labute approximate surface area is 142 Å². The van der Waals surface area contributed by atoms with Crippen molar-refractivity contribution in [2.75, 3.05) is 11.4 Å². The summed E-state index contributed by atoms with van der Waals surface area (Å²) in [4.78, 5) is 33.2. The standard InChI is InChI=1S/C16H16ClN5O2/c1-9-7-21(11-5-3-10(17)4-6-11)15-18-13-12(22(15)8-9)14(23)19-16(24)20(13)2/h3-6,9H,7-8H2,1-2H3,(H,19,23,24)/t9-/m0/s1. The second kappa shape index (κ2) is 5.24. The van der Waals surface area contributed by atoms with Crippen molar-refractivity contribution < 1.29 is 0 Å². The van der Waals surface area contributed by atoms with E-state index < -0.39 is 11.2 Å². The fourth-order valence-electron chi connectivity index (χ4n) is 3.21. The summed E-state index contributed by atoms with van der Waals surface area (Å²) in [6, 6.07) is 7.50. The zero-order chi connectivity index (χ0) is 17.0. The van der Waals surface area contributed by atoms with Crippen LogP contribution in [0.15, 0.2) is 33.9 Å². The van der Waals surface area contributed by atoms with Gasteiger partial charge in [0.1, 0.15) is 0 Å². The van der Waals surface area contributed by atoms with E-state index in [1.807, 2.05) is 28.8 Å². The fraction of sp³-hybridized carbons (Fsp3) is 0.312. The Morgan fingerprint density at radius 1 is 1.21 bits per heavy atom. The highest BCUT2D eigenvalue weighted by atomic mass is 35.5. The fourth-order valence-corrected chi connectivity index (χ4v) is 3.33. The van der Waals surface area contributed by atoms with Gasteiger partial charge in [-0.2, -0.15) is 4.98 Å². The van der Waals surface area contributed by atoms with E-state index in [0.717, 1.165) is 12.2 Å². The molecule has 0 radical (unpaired) electrons. The number of nitrogens with zero attached hydrogens (tertiary/aromatic N) is 4. The van der Waals surface area contributed by atoms with Gasteiger partial charge in [0.15, 0.2) is 11.2 Å². The molecule has 0 fully saturated rings. The first-order valence-corrected chi connectivity index (χ1v) is 8.06. The number of halogens is 1. The van der Waals surface area contributed by atoms with Gasteiger partial charge in [0.05, 0.1) is 0 Å². The van der Waals surface area contributed by atoms with Crippen molar-refractivity contribution in [2.45, 2.75) is 13.5 Å². The van der Waals surface area contributed by atoms with Crippen molar-refractivity contribution in [3.05, 3.63) is 50.1 Å². The van der Waals surface area contributed by atoms with Gasteiger partial charge in [0.2, 0.25) is 5.95 Å². The van der Waals surface area contributed by atoms with Crippen LogP contribution in [0.5, 0.6) is 0 Å². The van der Waals surface area contributed by atoms with Gasteiger partial charge < -0.3 is 9.47 Å². The second-order valence-corrected chi connectivity index (χ2v) is 6.64. The predicted molar refractivity (Wildman–Crippen MR) is 93.2 cm³/mol. The molecule has 8 heteroatoms. The topological polar surface area (TPSA) is 75.9 Å². The minimum atomic E-state index is -0.464. The van der Waals surface area contributed by atoms with E-state index in [-0.39, 0.29) is 0 Å². The third-order valence-electron chi connectivity index (χ3n) is 4.36. The van der Waals surface area contributed by atoms with Crippen LogP contribution >= 0.6 is 11.6 Å². The van der Waals surface area contributed by atoms with Crippen LogP contribution < -0.4 is 16.1 Å². The van der Waals surface area contributed by atoms with Crippen molar-refractivity contribution in [3.8, 4) is 0 Å². The summed E-state index contributed by atoms with van der Waals surface area (Å²) >= 11 is 5.98. The predicted octanol–water partition coefficient (Wildman–Crippen LogP) is 1.86. The Hall–Kier alpha value is -2.54. The van der Waals surface area contributed by atoms with E-state index in [1.165, 1.54) is 4.57 Å². The highest BCUT2D eigenvalue weighted by molar-refractivity contribution is 6.30. The van der Waals surface area contributed by atoms with E-state index >= 15 is 0 Å². The first-order chi connectivity index (χ1) is 11.5. The van der Waals surface area contributed by atoms with Gasteiger partial charge in [-0.3, -0.25) is 14.3 Å². The lowest BCUT2D eigenvalue weighted by atomic mass is 10.1. The van der Waals surface area contributed by atoms with Crippen molar-refractivity contribution >= 4 is 34.4 Å². The average Bonchev–Trinajstić information content (AvgIpc) is 2.92. The molecule has 7 nitrogen and oxygen atoms in total. The molecule has 0 aliphatic carbocycles. The van der Waals surface area contributed by atoms with Gasteiger partial charge in [-0.25, -0.2) is 4.79 Å². The van der Waals surface area contributed by atoms with Gasteiger partial charge in [-0.15, -0.1) is 0 Å². The van der Waals surface area contributed by atoms with Gasteiger partial charge in [0.25, 0.3) is 5.56 Å². The summed E-state index contributed by atoms with van der Waals surface area (Å²) < 4.78 is 3.25. The molecule has 0 unspecified atom stereocenters. The minimum absolute atomic E-state index is 0.321. The van der Waals surface area contributed by atoms with Crippen LogP contribution in [0, 0.1) is 5.92 Å². The van der Waals surface area contributed by atoms with E-state index in [2.05, 4.69) is 21.8 Å². The highest BCUT2D eigenvalue weighted by Gasteiger charge is 2.28. The third kappa shape index (κ3) is 2.16. The number of imidazole rings is 1. The Kier molecular flexibility index (Phi) is 3.28. The maximum Gasteiger partial charge on any atom is 0.329 e. The first-order valence-electron chi connectivity index (χ1n) is 7.68. The molecule has 0 bridgehead atoms. The van der Waals surface area contributed by atoms with Gasteiger partial charge in [-0.05, 0) is 30.2 Å². The molecule has 0 spiro atoms. The van der Waals surface area contributed by atoms with Gasteiger partial charge >= 0.3 is 5.69 Å². The van der Waals surface area contributed by atoms with E-state index in [4.69, 9.17) is 11.6 Å². The number of aromatic amines is 1. The number of aromatic nitrogens is 4. The van der Waals surface area contributed by atoms with Crippen LogP contribution in [0.4, 0.5) is 11.6 Å². The Morgan fingerprint density at radius 3 is 2.62 bits per heavy atom. The average molecular weight is 346 g/mol. The molecule has 24 heavy (non-hydrogen) atoms. The van der Waals surface area contributed by atoms with Gasteiger partial charge in [0, 0.05) is 30.8 Å². The molecule has 0 saturated heterocycles. The molecular formula is C16H16ClN5O2. The number of rotatable bonds is 1. The molecule has 1 aliphatic heterocycles. The molecule has 1 aliphatic rings. The summed E-state index contributed by atoms with van der Waals surface area (Å²) in [6.45, 7) is 3.57. The van der Waals surface area contributed by atoms with Crippen LogP contribution in [-0.4, -0.2) is 25.6 Å². The van der Waals surface area contributed by atoms with Crippen LogP contribution in [0.25, 0.3) is 11.2 Å². The zero-order valence-electron chi connectivity index (χ0n) is 13.3. The number of nitrogens with one attached hydrogen (secondary N) is 1. The molecule has 1 atom stereocenters. The summed E-state index contributed by atoms with van der Waals surface area (Å²) in [5.74, 6) is 0.985. The SMILES string of the molecule is C[C@H]1CN(c2ccc(Cl)cc2)c2nc3c(c(=O)[nH]c(=O)n3C)n2C1. The van der Waals surface area contributed by atoms with Gasteiger partial charge in [-0.1, -0.05) is 18.5 Å². The van der Waals surface area contributed by atoms with E-state index in [9.17, 15) is 9.59 Å². The van der Waals surface area contributed by atoms with Crippen molar-refractivity contribution in [2.24, 2.45) is 13.0 Å². The lowest BCUT2D eigenvalue weighted by Crippen LogP contribution is -2.35. The molecule has 4 rings (SSSR count). The number of aryl methyl sites for hydroxylation is 1. The smallest absolute Gasteiger partial charge is 0.312 e. The number of H-pyrrole nitrogens is 1.